The molecular weight excluding hydrogens is 490 g/mol. The molecule has 5 heterocycles. The molecule has 9 nitrogen and oxygen atoms in total. The zero-order valence-electron chi connectivity index (χ0n) is 21.0. The van der Waals surface area contributed by atoms with Gasteiger partial charge in [-0.05, 0) is 56.1 Å². The van der Waals surface area contributed by atoms with Gasteiger partial charge in [0.2, 0.25) is 0 Å². The lowest BCUT2D eigenvalue weighted by Gasteiger charge is -2.08. The summed E-state index contributed by atoms with van der Waals surface area (Å²) in [6.07, 6.45) is 10.3. The molecule has 5 aromatic heterocycles. The maximum absolute atomic E-state index is 12.6. The van der Waals surface area contributed by atoms with Gasteiger partial charge in [0.1, 0.15) is 5.69 Å². The van der Waals surface area contributed by atoms with E-state index >= 15 is 0 Å². The summed E-state index contributed by atoms with van der Waals surface area (Å²) < 4.78 is 5.26. The van der Waals surface area contributed by atoms with Crippen molar-refractivity contribution in [2.75, 3.05) is 0 Å². The first-order chi connectivity index (χ1) is 19.1. The number of amides is 1. The molecule has 0 bridgehead atoms. The number of fused-ring (bicyclic) bond motifs is 2. The first-order valence-electron chi connectivity index (χ1n) is 12.2. The van der Waals surface area contributed by atoms with Crippen LogP contribution >= 0.6 is 0 Å². The molecule has 1 aromatic carbocycles. The number of aliphatic imine (C=N–C) groups is 1. The van der Waals surface area contributed by atoms with E-state index in [9.17, 15) is 4.79 Å². The average molecular weight is 514 g/mol. The van der Waals surface area contributed by atoms with Crippen molar-refractivity contribution in [3.63, 3.8) is 0 Å². The summed E-state index contributed by atoms with van der Waals surface area (Å²) in [6, 6.07) is 16.9. The Morgan fingerprint density at radius 3 is 2.72 bits per heavy atom. The second kappa shape index (κ2) is 10.1. The van der Waals surface area contributed by atoms with Crippen LogP contribution in [0.15, 0.2) is 107 Å². The van der Waals surface area contributed by atoms with Crippen LogP contribution in [-0.2, 0) is 0 Å². The van der Waals surface area contributed by atoms with Gasteiger partial charge in [0.05, 0.1) is 23.9 Å². The summed E-state index contributed by atoms with van der Waals surface area (Å²) in [5.74, 6) is -0.191. The number of carbonyl (C=O) groups excluding carboxylic acids is 1. The van der Waals surface area contributed by atoms with Crippen LogP contribution in [0.5, 0.6) is 0 Å². The molecule has 0 saturated heterocycles. The number of hydrogen-bond acceptors (Lipinski definition) is 6. The molecule has 0 aliphatic carbocycles. The van der Waals surface area contributed by atoms with Crippen LogP contribution < -0.4 is 5.32 Å². The van der Waals surface area contributed by atoms with E-state index in [2.05, 4.69) is 42.2 Å². The molecule has 9 heteroatoms. The van der Waals surface area contributed by atoms with Crippen LogP contribution in [0.4, 0.5) is 0 Å². The van der Waals surface area contributed by atoms with E-state index in [1.54, 1.807) is 43.3 Å². The Balaban J connectivity index is 1.36. The van der Waals surface area contributed by atoms with Crippen molar-refractivity contribution in [1.29, 1.82) is 0 Å². The van der Waals surface area contributed by atoms with Gasteiger partial charge in [0.25, 0.3) is 5.91 Å². The molecule has 1 amide bonds. The number of aromatic nitrogens is 5. The zero-order chi connectivity index (χ0) is 26.8. The number of carbonyl (C=O) groups is 1. The molecule has 0 atom stereocenters. The normalized spacial score (nSPS) is 12.2. The maximum Gasteiger partial charge on any atom is 0.255 e. The predicted octanol–water partition coefficient (Wildman–Crippen LogP) is 6.14. The lowest BCUT2D eigenvalue weighted by atomic mass is 10.1. The van der Waals surface area contributed by atoms with E-state index in [0.717, 1.165) is 50.1 Å². The van der Waals surface area contributed by atoms with Crippen LogP contribution in [0.2, 0.25) is 0 Å². The lowest BCUT2D eigenvalue weighted by Crippen LogP contribution is -2.21. The highest BCUT2D eigenvalue weighted by atomic mass is 16.3. The lowest BCUT2D eigenvalue weighted by molar-refractivity contribution is 0.0966. The number of allylic oxidation sites excluding steroid dienone is 3. The van der Waals surface area contributed by atoms with Crippen LogP contribution in [0, 0.1) is 0 Å². The van der Waals surface area contributed by atoms with Crippen molar-refractivity contribution in [3.8, 4) is 22.6 Å². The number of rotatable bonds is 7. The summed E-state index contributed by atoms with van der Waals surface area (Å²) in [6.45, 7) is 5.44. The topological polar surface area (TPSA) is 125 Å². The van der Waals surface area contributed by atoms with Crippen LogP contribution in [0.3, 0.4) is 0 Å². The minimum absolute atomic E-state index is 0.191. The number of furan rings is 1. The molecule has 0 aliphatic rings. The van der Waals surface area contributed by atoms with Crippen molar-refractivity contribution in [1.82, 2.24) is 30.5 Å². The second-order valence-electron chi connectivity index (χ2n) is 8.92. The smallest absolute Gasteiger partial charge is 0.255 e. The van der Waals surface area contributed by atoms with E-state index in [-0.39, 0.29) is 5.91 Å². The summed E-state index contributed by atoms with van der Waals surface area (Å²) in [5.41, 5.74) is 7.60. The minimum Gasteiger partial charge on any atom is -0.472 e. The zero-order valence-corrected chi connectivity index (χ0v) is 21.0. The van der Waals surface area contributed by atoms with Gasteiger partial charge in [0.15, 0.2) is 5.65 Å². The van der Waals surface area contributed by atoms with Crippen LogP contribution in [0.25, 0.3) is 50.2 Å². The third-order valence-corrected chi connectivity index (χ3v) is 6.30. The first kappa shape index (κ1) is 23.8. The highest BCUT2D eigenvalue weighted by Gasteiger charge is 2.16. The average Bonchev–Trinajstić information content (AvgIpc) is 3.72. The van der Waals surface area contributed by atoms with Crippen LogP contribution in [0.1, 0.15) is 22.8 Å². The van der Waals surface area contributed by atoms with E-state index in [4.69, 9.17) is 4.42 Å². The molecule has 3 N–H and O–H groups in total. The Kier molecular flexibility index (Phi) is 6.14. The second-order valence-corrected chi connectivity index (χ2v) is 8.92. The molecule has 0 saturated carbocycles. The van der Waals surface area contributed by atoms with E-state index in [1.807, 2.05) is 55.5 Å². The number of nitrogens with zero attached hydrogens (tertiary/aromatic N) is 4. The third kappa shape index (κ3) is 4.64. The minimum atomic E-state index is -0.191. The van der Waals surface area contributed by atoms with Gasteiger partial charge in [-0.1, -0.05) is 18.2 Å². The molecule has 39 heavy (non-hydrogen) atoms. The van der Waals surface area contributed by atoms with E-state index < -0.39 is 0 Å². The van der Waals surface area contributed by atoms with Gasteiger partial charge in [-0.3, -0.25) is 19.9 Å². The molecular formula is C30H23N7O2. The van der Waals surface area contributed by atoms with E-state index in [1.165, 1.54) is 0 Å². The molecule has 0 aliphatic heterocycles. The molecule has 0 unspecified atom stereocenters. The standard InChI is InChI=1S/C30H23N7O2/c1-18(34-30(38)19-6-4-3-5-7-19)12-21(15-31-2)22-13-24-28(36-37-29(24)33-16-22)26-14-23-25(35-26)8-10-32-27(23)20-9-11-39-17-20/h3-17,35H,2H2,1H3,(H,34,38)(H,33,36,37)/b18-12+,21-15+. The van der Waals surface area contributed by atoms with Crippen molar-refractivity contribution in [2.24, 2.45) is 4.99 Å². The Bertz CT molecular complexity index is 1880. The van der Waals surface area contributed by atoms with Crippen LogP contribution in [-0.4, -0.2) is 37.8 Å². The number of aromatic amines is 2. The van der Waals surface area contributed by atoms with E-state index in [0.29, 0.717) is 16.9 Å². The molecule has 6 aromatic rings. The molecule has 0 fully saturated rings. The summed E-state index contributed by atoms with van der Waals surface area (Å²) in [4.78, 5) is 29.2. The Hall–Kier alpha value is -5.57. The Morgan fingerprint density at radius 2 is 1.92 bits per heavy atom. The monoisotopic (exact) mass is 513 g/mol. The fourth-order valence-electron chi connectivity index (χ4n) is 4.48. The SMILES string of the molecule is C=N/C=C(\C=C(/C)NC(=O)c1ccccc1)c1cnc2[nH]nc(-c3cc4c(-c5ccoc5)nccc4[nH]3)c2c1. The van der Waals surface area contributed by atoms with Gasteiger partial charge in [0, 0.05) is 62.8 Å². The van der Waals surface area contributed by atoms with Gasteiger partial charge >= 0.3 is 0 Å². The molecule has 0 spiro atoms. The predicted molar refractivity (Wildman–Crippen MR) is 152 cm³/mol. The number of benzene rings is 1. The van der Waals surface area contributed by atoms with Crippen molar-refractivity contribution >= 4 is 40.1 Å². The fraction of sp³-hybridized carbons (Fsp3) is 0.0333. The number of pyridine rings is 2. The molecule has 190 valence electrons. The summed E-state index contributed by atoms with van der Waals surface area (Å²) in [5, 5.41) is 12.3. The summed E-state index contributed by atoms with van der Waals surface area (Å²) >= 11 is 0. The fourth-order valence-corrected chi connectivity index (χ4v) is 4.48. The number of hydrogen-bond donors (Lipinski definition) is 3. The largest absolute Gasteiger partial charge is 0.472 e. The van der Waals surface area contributed by atoms with Gasteiger partial charge in [-0.25, -0.2) is 4.98 Å². The third-order valence-electron chi connectivity index (χ3n) is 6.30. The highest BCUT2D eigenvalue weighted by Crippen LogP contribution is 2.33. The number of H-pyrrole nitrogens is 2. The highest BCUT2D eigenvalue weighted by molar-refractivity contribution is 6.00. The summed E-state index contributed by atoms with van der Waals surface area (Å²) in [7, 11) is 0. The quantitative estimate of drug-likeness (QED) is 0.175. The first-order valence-corrected chi connectivity index (χ1v) is 12.2. The molecule has 6 rings (SSSR count). The van der Waals surface area contributed by atoms with Crippen molar-refractivity contribution in [3.05, 3.63) is 109 Å². The van der Waals surface area contributed by atoms with Gasteiger partial charge in [-0.15, -0.1) is 0 Å². The van der Waals surface area contributed by atoms with Gasteiger partial charge < -0.3 is 14.7 Å². The Labute approximate surface area is 223 Å². The Morgan fingerprint density at radius 1 is 1.05 bits per heavy atom. The van der Waals surface area contributed by atoms with Crippen molar-refractivity contribution < 1.29 is 9.21 Å². The maximum atomic E-state index is 12.6. The molecule has 0 radical (unpaired) electrons. The van der Waals surface area contributed by atoms with Gasteiger partial charge in [-0.2, -0.15) is 5.10 Å². The number of nitrogens with one attached hydrogen (secondary N) is 3. The van der Waals surface area contributed by atoms with Crippen molar-refractivity contribution in [2.45, 2.75) is 6.92 Å².